The van der Waals surface area contributed by atoms with Crippen molar-refractivity contribution in [3.8, 4) is 17.2 Å². The first-order chi connectivity index (χ1) is 13.2. The number of nitrogens with one attached hydrogen (secondary N) is 1. The van der Waals surface area contributed by atoms with Gasteiger partial charge in [0.05, 0.1) is 13.2 Å². The third-order valence-corrected chi connectivity index (χ3v) is 4.37. The average molecular weight is 372 g/mol. The lowest BCUT2D eigenvalue weighted by Gasteiger charge is -2.14. The van der Waals surface area contributed by atoms with Crippen molar-refractivity contribution in [3.63, 3.8) is 0 Å². The van der Waals surface area contributed by atoms with Gasteiger partial charge in [0.25, 0.3) is 0 Å². The van der Waals surface area contributed by atoms with E-state index in [9.17, 15) is 5.11 Å². The summed E-state index contributed by atoms with van der Waals surface area (Å²) in [6.45, 7) is 7.44. The molecule has 0 aliphatic heterocycles. The zero-order valence-electron chi connectivity index (χ0n) is 16.7. The van der Waals surface area contributed by atoms with Gasteiger partial charge in [-0.15, -0.1) is 0 Å². The number of rotatable bonds is 13. The van der Waals surface area contributed by atoms with E-state index in [0.717, 1.165) is 69.9 Å². The van der Waals surface area contributed by atoms with E-state index in [1.807, 2.05) is 18.2 Å². The number of phenolic OH excluding ortho intramolecular Hbond substituents is 1. The minimum atomic E-state index is 0.309. The number of hydrogen-bond donors (Lipinski definition) is 2. The quantitative estimate of drug-likeness (QED) is 0.482. The Kier molecular flexibility index (Phi) is 9.56. The van der Waals surface area contributed by atoms with Crippen LogP contribution in [0.3, 0.4) is 0 Å². The van der Waals surface area contributed by atoms with Gasteiger partial charge in [0.15, 0.2) is 11.5 Å². The van der Waals surface area contributed by atoms with Gasteiger partial charge in [-0.25, -0.2) is 0 Å². The molecule has 0 aromatic heterocycles. The first-order valence-electron chi connectivity index (χ1n) is 10.1. The van der Waals surface area contributed by atoms with E-state index in [0.29, 0.717) is 5.75 Å². The van der Waals surface area contributed by atoms with E-state index in [1.54, 1.807) is 12.1 Å². The highest BCUT2D eigenvalue weighted by molar-refractivity contribution is 5.43. The largest absolute Gasteiger partial charge is 0.508 e. The van der Waals surface area contributed by atoms with Crippen molar-refractivity contribution >= 4 is 0 Å². The molecule has 0 heterocycles. The minimum Gasteiger partial charge on any atom is -0.508 e. The van der Waals surface area contributed by atoms with Crippen LogP contribution in [-0.4, -0.2) is 24.9 Å². The molecule has 148 valence electrons. The molecule has 27 heavy (non-hydrogen) atoms. The van der Waals surface area contributed by atoms with Crippen LogP contribution in [0.15, 0.2) is 42.5 Å². The fraction of sp³-hybridized carbons (Fsp3) is 0.478. The molecule has 0 fully saturated rings. The summed E-state index contributed by atoms with van der Waals surface area (Å²) in [5.74, 6) is 1.99. The second-order valence-corrected chi connectivity index (χ2v) is 6.78. The topological polar surface area (TPSA) is 50.7 Å². The van der Waals surface area contributed by atoms with Crippen LogP contribution in [0.4, 0.5) is 0 Å². The number of ether oxygens (including phenoxy) is 2. The molecule has 0 bridgehead atoms. The Balaban J connectivity index is 1.86. The number of aromatic hydroxyl groups is 1. The normalized spacial score (nSPS) is 10.7. The molecular weight excluding hydrogens is 338 g/mol. The lowest BCUT2D eigenvalue weighted by Crippen LogP contribution is -2.16. The molecule has 0 spiro atoms. The Bertz CT molecular complexity index is 655. The predicted molar refractivity (Wildman–Crippen MR) is 111 cm³/mol. The molecule has 0 atom stereocenters. The number of hydrogen-bond acceptors (Lipinski definition) is 4. The Morgan fingerprint density at radius 1 is 0.815 bits per heavy atom. The summed E-state index contributed by atoms with van der Waals surface area (Å²) in [4.78, 5) is 0. The third kappa shape index (κ3) is 7.92. The highest BCUT2D eigenvalue weighted by Crippen LogP contribution is 2.29. The number of unbranched alkanes of at least 4 members (excludes halogenated alkanes) is 2. The van der Waals surface area contributed by atoms with Crippen molar-refractivity contribution in [2.24, 2.45) is 0 Å². The van der Waals surface area contributed by atoms with Crippen molar-refractivity contribution in [2.75, 3.05) is 19.8 Å². The van der Waals surface area contributed by atoms with Crippen LogP contribution in [-0.2, 0) is 13.0 Å². The van der Waals surface area contributed by atoms with Gasteiger partial charge >= 0.3 is 0 Å². The Morgan fingerprint density at radius 3 is 2.11 bits per heavy atom. The molecule has 2 rings (SSSR count). The summed E-state index contributed by atoms with van der Waals surface area (Å²) >= 11 is 0. The van der Waals surface area contributed by atoms with Crippen LogP contribution in [0.25, 0.3) is 0 Å². The lowest BCUT2D eigenvalue weighted by molar-refractivity contribution is 0.261. The smallest absolute Gasteiger partial charge is 0.161 e. The van der Waals surface area contributed by atoms with Gasteiger partial charge in [-0.2, -0.15) is 0 Å². The fourth-order valence-electron chi connectivity index (χ4n) is 2.68. The minimum absolute atomic E-state index is 0.309. The molecule has 0 amide bonds. The zero-order chi connectivity index (χ0) is 19.3. The first kappa shape index (κ1) is 21.1. The Hall–Kier alpha value is -2.20. The summed E-state index contributed by atoms with van der Waals surface area (Å²) in [5.41, 5.74) is 2.40. The second kappa shape index (κ2) is 12.2. The monoisotopic (exact) mass is 371 g/mol. The van der Waals surface area contributed by atoms with Gasteiger partial charge in [0.2, 0.25) is 0 Å². The molecule has 4 heteroatoms. The molecular formula is C23H33NO3. The van der Waals surface area contributed by atoms with Gasteiger partial charge in [0, 0.05) is 6.54 Å². The second-order valence-electron chi connectivity index (χ2n) is 6.78. The van der Waals surface area contributed by atoms with Gasteiger partial charge < -0.3 is 19.9 Å². The Morgan fingerprint density at radius 2 is 1.44 bits per heavy atom. The molecule has 2 N–H and O–H groups in total. The van der Waals surface area contributed by atoms with Crippen LogP contribution in [0.5, 0.6) is 17.2 Å². The lowest BCUT2D eigenvalue weighted by atomic mass is 10.1. The van der Waals surface area contributed by atoms with Crippen molar-refractivity contribution < 1.29 is 14.6 Å². The highest BCUT2D eigenvalue weighted by atomic mass is 16.5. The van der Waals surface area contributed by atoms with Gasteiger partial charge in [-0.1, -0.05) is 44.9 Å². The van der Waals surface area contributed by atoms with Crippen molar-refractivity contribution in [2.45, 2.75) is 52.5 Å². The van der Waals surface area contributed by atoms with E-state index < -0.39 is 0 Å². The molecule has 0 aliphatic rings. The molecule has 0 saturated carbocycles. The van der Waals surface area contributed by atoms with Gasteiger partial charge in [-0.3, -0.25) is 0 Å². The maximum absolute atomic E-state index is 9.33. The molecule has 0 aliphatic carbocycles. The number of benzene rings is 2. The molecule has 4 nitrogen and oxygen atoms in total. The van der Waals surface area contributed by atoms with E-state index in [2.05, 4.69) is 31.3 Å². The van der Waals surface area contributed by atoms with Gasteiger partial charge in [-0.05, 0) is 61.2 Å². The molecule has 0 radical (unpaired) electrons. The summed E-state index contributed by atoms with van der Waals surface area (Å²) in [6, 6.07) is 13.6. The standard InChI is InChI=1S/C23H33NO3/c1-3-5-15-26-22-12-9-20(17-23(22)27-16-6-4-2)18-24-14-13-19-7-10-21(25)11-8-19/h7-12,17,24-25H,3-6,13-16,18H2,1-2H3. The van der Waals surface area contributed by atoms with E-state index in [-0.39, 0.29) is 0 Å². The highest BCUT2D eigenvalue weighted by Gasteiger charge is 2.07. The average Bonchev–Trinajstić information content (AvgIpc) is 2.68. The zero-order valence-corrected chi connectivity index (χ0v) is 16.7. The van der Waals surface area contributed by atoms with E-state index in [4.69, 9.17) is 9.47 Å². The first-order valence-corrected chi connectivity index (χ1v) is 10.1. The SMILES string of the molecule is CCCCOc1ccc(CNCCc2ccc(O)cc2)cc1OCCCC. The Labute approximate surface area is 163 Å². The predicted octanol–water partition coefficient (Wildman–Crippen LogP) is 5.08. The van der Waals surface area contributed by atoms with Crippen LogP contribution in [0, 0.1) is 0 Å². The number of phenols is 1. The summed E-state index contributed by atoms with van der Waals surface area (Å²) in [6.07, 6.45) is 5.26. The molecule has 2 aromatic rings. The van der Waals surface area contributed by atoms with E-state index in [1.165, 1.54) is 11.1 Å². The summed E-state index contributed by atoms with van der Waals surface area (Å²) in [7, 11) is 0. The van der Waals surface area contributed by atoms with Crippen LogP contribution >= 0.6 is 0 Å². The third-order valence-electron chi connectivity index (χ3n) is 4.37. The van der Waals surface area contributed by atoms with Crippen LogP contribution in [0.2, 0.25) is 0 Å². The van der Waals surface area contributed by atoms with Crippen molar-refractivity contribution in [1.29, 1.82) is 0 Å². The molecule has 0 saturated heterocycles. The van der Waals surface area contributed by atoms with Crippen molar-refractivity contribution in [3.05, 3.63) is 53.6 Å². The maximum atomic E-state index is 9.33. The maximum Gasteiger partial charge on any atom is 0.161 e. The summed E-state index contributed by atoms with van der Waals surface area (Å²) < 4.78 is 11.8. The molecule has 2 aromatic carbocycles. The fourth-order valence-corrected chi connectivity index (χ4v) is 2.68. The molecule has 0 unspecified atom stereocenters. The van der Waals surface area contributed by atoms with Crippen molar-refractivity contribution in [1.82, 2.24) is 5.32 Å². The van der Waals surface area contributed by atoms with E-state index >= 15 is 0 Å². The van der Waals surface area contributed by atoms with Crippen LogP contribution in [0.1, 0.15) is 50.7 Å². The van der Waals surface area contributed by atoms with Crippen LogP contribution < -0.4 is 14.8 Å². The summed E-state index contributed by atoms with van der Waals surface area (Å²) in [5, 5.41) is 12.8. The van der Waals surface area contributed by atoms with Gasteiger partial charge in [0.1, 0.15) is 5.75 Å².